The maximum atomic E-state index is 5.71. The van der Waals surface area contributed by atoms with Crippen molar-refractivity contribution in [2.24, 2.45) is 5.92 Å². The normalized spacial score (nSPS) is 13.4. The lowest BCUT2D eigenvalue weighted by Gasteiger charge is -2.03. The van der Waals surface area contributed by atoms with Crippen molar-refractivity contribution in [3.8, 4) is 0 Å². The Morgan fingerprint density at radius 1 is 1.55 bits per heavy atom. The largest absolute Gasteiger partial charge is 0.146 e. The topological polar surface area (TPSA) is 0 Å². The quantitative estimate of drug-likeness (QED) is 0.638. The van der Waals surface area contributed by atoms with Gasteiger partial charge in [-0.05, 0) is 31.4 Å². The summed E-state index contributed by atoms with van der Waals surface area (Å²) >= 11 is 7.59. The molecule has 1 atom stereocenters. The molecular formula is C9H13ClS. The second-order valence-electron chi connectivity index (χ2n) is 2.98. The monoisotopic (exact) mass is 188 g/mol. The lowest BCUT2D eigenvalue weighted by molar-refractivity contribution is 0.662. The highest BCUT2D eigenvalue weighted by molar-refractivity contribution is 7.11. The molecule has 0 amide bonds. The Balaban J connectivity index is 2.50. The lowest BCUT2D eigenvalue weighted by atomic mass is 10.1. The minimum atomic E-state index is 0.606. The third kappa shape index (κ3) is 2.84. The van der Waals surface area contributed by atoms with E-state index in [1.54, 1.807) is 0 Å². The number of halogens is 1. The van der Waals surface area contributed by atoms with Crippen LogP contribution in [0.3, 0.4) is 0 Å². The van der Waals surface area contributed by atoms with Crippen LogP contribution in [0.15, 0.2) is 12.1 Å². The van der Waals surface area contributed by atoms with Crippen molar-refractivity contribution in [1.29, 1.82) is 0 Å². The molecule has 0 saturated heterocycles. The van der Waals surface area contributed by atoms with Gasteiger partial charge in [0, 0.05) is 15.6 Å². The maximum Gasteiger partial charge on any atom is 0.0252 e. The molecule has 0 fully saturated rings. The molecule has 0 aromatic carbocycles. The van der Waals surface area contributed by atoms with E-state index in [-0.39, 0.29) is 0 Å². The van der Waals surface area contributed by atoms with E-state index in [9.17, 15) is 0 Å². The second-order valence-corrected chi connectivity index (χ2v) is 4.66. The SMILES string of the molecule is Cc1ccc(CC(C)CCl)s1. The van der Waals surface area contributed by atoms with Crippen LogP contribution in [0, 0.1) is 12.8 Å². The van der Waals surface area contributed by atoms with Gasteiger partial charge in [-0.2, -0.15) is 0 Å². The van der Waals surface area contributed by atoms with Gasteiger partial charge in [0.15, 0.2) is 0 Å². The summed E-state index contributed by atoms with van der Waals surface area (Å²) in [5.41, 5.74) is 0. The van der Waals surface area contributed by atoms with Gasteiger partial charge in [0.2, 0.25) is 0 Å². The van der Waals surface area contributed by atoms with Crippen LogP contribution >= 0.6 is 22.9 Å². The third-order valence-electron chi connectivity index (χ3n) is 1.61. The second kappa shape index (κ2) is 4.13. The predicted molar refractivity (Wildman–Crippen MR) is 52.6 cm³/mol. The highest BCUT2D eigenvalue weighted by atomic mass is 35.5. The molecule has 0 nitrogen and oxygen atoms in total. The molecule has 1 heterocycles. The fourth-order valence-electron chi connectivity index (χ4n) is 0.993. The van der Waals surface area contributed by atoms with Crippen molar-refractivity contribution in [3.63, 3.8) is 0 Å². The summed E-state index contributed by atoms with van der Waals surface area (Å²) in [5.74, 6) is 1.37. The zero-order chi connectivity index (χ0) is 8.27. The summed E-state index contributed by atoms with van der Waals surface area (Å²) in [5, 5.41) is 0. The summed E-state index contributed by atoms with van der Waals surface area (Å²) in [6, 6.07) is 4.37. The van der Waals surface area contributed by atoms with Crippen molar-refractivity contribution < 1.29 is 0 Å². The van der Waals surface area contributed by atoms with Crippen molar-refractivity contribution in [3.05, 3.63) is 21.9 Å². The van der Waals surface area contributed by atoms with E-state index in [2.05, 4.69) is 26.0 Å². The lowest BCUT2D eigenvalue weighted by Crippen LogP contribution is -1.98. The summed E-state index contributed by atoms with van der Waals surface area (Å²) in [6.07, 6.45) is 1.13. The zero-order valence-corrected chi connectivity index (χ0v) is 8.50. The average Bonchev–Trinajstić information content (AvgIpc) is 2.35. The molecule has 0 radical (unpaired) electrons. The van der Waals surface area contributed by atoms with E-state index >= 15 is 0 Å². The molecule has 0 aliphatic carbocycles. The van der Waals surface area contributed by atoms with E-state index in [0.29, 0.717) is 5.92 Å². The number of alkyl halides is 1. The third-order valence-corrected chi connectivity index (χ3v) is 3.16. The Kier molecular flexibility index (Phi) is 3.41. The van der Waals surface area contributed by atoms with Crippen LogP contribution in [-0.4, -0.2) is 5.88 Å². The molecule has 1 aromatic rings. The van der Waals surface area contributed by atoms with Gasteiger partial charge >= 0.3 is 0 Å². The van der Waals surface area contributed by atoms with Crippen LogP contribution in [0.1, 0.15) is 16.7 Å². The van der Waals surface area contributed by atoms with E-state index in [4.69, 9.17) is 11.6 Å². The van der Waals surface area contributed by atoms with Crippen molar-refractivity contribution in [2.45, 2.75) is 20.3 Å². The van der Waals surface area contributed by atoms with Gasteiger partial charge in [0.25, 0.3) is 0 Å². The highest BCUT2D eigenvalue weighted by Gasteiger charge is 2.02. The van der Waals surface area contributed by atoms with Crippen molar-refractivity contribution in [1.82, 2.24) is 0 Å². The molecule has 1 rings (SSSR count). The standard InChI is InChI=1S/C9H13ClS/c1-7(6-10)5-9-4-3-8(2)11-9/h3-4,7H,5-6H2,1-2H3. The van der Waals surface area contributed by atoms with Crippen LogP contribution in [0.25, 0.3) is 0 Å². The molecule has 0 N–H and O–H groups in total. The number of thiophene rings is 1. The Morgan fingerprint density at radius 2 is 2.27 bits per heavy atom. The fraction of sp³-hybridized carbons (Fsp3) is 0.556. The Hall–Kier alpha value is -0.0100. The summed E-state index contributed by atoms with van der Waals surface area (Å²) in [6.45, 7) is 4.32. The molecule has 0 bridgehead atoms. The number of aryl methyl sites for hydroxylation is 1. The molecule has 1 unspecified atom stereocenters. The maximum absolute atomic E-state index is 5.71. The average molecular weight is 189 g/mol. The number of rotatable bonds is 3. The van der Waals surface area contributed by atoms with Gasteiger partial charge in [-0.15, -0.1) is 22.9 Å². The van der Waals surface area contributed by atoms with Crippen LogP contribution in [-0.2, 0) is 6.42 Å². The molecule has 0 saturated carbocycles. The Morgan fingerprint density at radius 3 is 2.73 bits per heavy atom. The summed E-state index contributed by atoms with van der Waals surface area (Å²) in [4.78, 5) is 2.84. The first-order chi connectivity index (χ1) is 5.22. The Labute approximate surface area is 77.2 Å². The first kappa shape index (κ1) is 9.08. The minimum absolute atomic E-state index is 0.606. The summed E-state index contributed by atoms with van der Waals surface area (Å²) < 4.78 is 0. The molecule has 0 aliphatic rings. The van der Waals surface area contributed by atoms with Gasteiger partial charge in [0.1, 0.15) is 0 Å². The van der Waals surface area contributed by atoms with Crippen molar-refractivity contribution in [2.75, 3.05) is 5.88 Å². The smallest absolute Gasteiger partial charge is 0.0252 e. The van der Waals surface area contributed by atoms with Crippen LogP contribution < -0.4 is 0 Å². The number of hydrogen-bond donors (Lipinski definition) is 0. The first-order valence-corrected chi connectivity index (χ1v) is 5.18. The molecule has 2 heteroatoms. The summed E-state index contributed by atoms with van der Waals surface area (Å²) in [7, 11) is 0. The first-order valence-electron chi connectivity index (χ1n) is 3.83. The predicted octanol–water partition coefficient (Wildman–Crippen LogP) is 3.47. The van der Waals surface area contributed by atoms with Crippen molar-refractivity contribution >= 4 is 22.9 Å². The van der Waals surface area contributed by atoms with E-state index < -0.39 is 0 Å². The molecule has 0 aliphatic heterocycles. The zero-order valence-electron chi connectivity index (χ0n) is 6.93. The van der Waals surface area contributed by atoms with Crippen LogP contribution in [0.2, 0.25) is 0 Å². The molecule has 1 aromatic heterocycles. The minimum Gasteiger partial charge on any atom is -0.146 e. The van der Waals surface area contributed by atoms with E-state index in [1.807, 2.05) is 11.3 Å². The number of hydrogen-bond acceptors (Lipinski definition) is 1. The van der Waals surface area contributed by atoms with Gasteiger partial charge in [-0.3, -0.25) is 0 Å². The highest BCUT2D eigenvalue weighted by Crippen LogP contribution is 2.19. The van der Waals surface area contributed by atoms with Crippen LogP contribution in [0.4, 0.5) is 0 Å². The molecule has 0 spiro atoms. The van der Waals surface area contributed by atoms with Gasteiger partial charge in [-0.25, -0.2) is 0 Å². The fourth-order valence-corrected chi connectivity index (χ4v) is 2.16. The molecule has 11 heavy (non-hydrogen) atoms. The Bertz CT molecular complexity index is 217. The van der Waals surface area contributed by atoms with Gasteiger partial charge in [-0.1, -0.05) is 6.92 Å². The van der Waals surface area contributed by atoms with E-state index in [1.165, 1.54) is 9.75 Å². The van der Waals surface area contributed by atoms with Crippen LogP contribution in [0.5, 0.6) is 0 Å². The van der Waals surface area contributed by atoms with Gasteiger partial charge in [0.05, 0.1) is 0 Å². The van der Waals surface area contributed by atoms with Gasteiger partial charge < -0.3 is 0 Å². The van der Waals surface area contributed by atoms with E-state index in [0.717, 1.165) is 12.3 Å². The molecule has 62 valence electrons. The molecular weight excluding hydrogens is 176 g/mol.